The summed E-state index contributed by atoms with van der Waals surface area (Å²) < 4.78 is 11.1. The molecule has 130 valence electrons. The van der Waals surface area contributed by atoms with Crippen LogP contribution in [0.3, 0.4) is 0 Å². The molecular formula is C18H20Cl2O3S. The van der Waals surface area contributed by atoms with Gasteiger partial charge in [-0.2, -0.15) is 0 Å². The molecule has 0 fully saturated rings. The van der Waals surface area contributed by atoms with Crippen molar-refractivity contribution >= 4 is 35.0 Å². The van der Waals surface area contributed by atoms with Crippen LogP contribution < -0.4 is 9.47 Å². The third-order valence-electron chi connectivity index (χ3n) is 3.07. The van der Waals surface area contributed by atoms with Crippen LogP contribution in [-0.4, -0.2) is 30.8 Å². The molecule has 6 heteroatoms. The Hall–Kier alpha value is -1.07. The Bertz CT molecular complexity index is 620. The molecule has 0 amide bonds. The summed E-state index contributed by atoms with van der Waals surface area (Å²) >= 11 is 13.5. The van der Waals surface area contributed by atoms with Gasteiger partial charge in [0.2, 0.25) is 0 Å². The van der Waals surface area contributed by atoms with Gasteiger partial charge in [-0.05, 0) is 48.9 Å². The van der Waals surface area contributed by atoms with Crippen LogP contribution in [0.4, 0.5) is 0 Å². The molecule has 0 aromatic heterocycles. The summed E-state index contributed by atoms with van der Waals surface area (Å²) in [4.78, 5) is 2.13. The molecule has 2 aromatic carbocycles. The van der Waals surface area contributed by atoms with E-state index in [9.17, 15) is 0 Å². The van der Waals surface area contributed by atoms with Crippen molar-refractivity contribution < 1.29 is 14.6 Å². The number of ether oxygens (including phenoxy) is 2. The molecule has 3 nitrogen and oxygen atoms in total. The summed E-state index contributed by atoms with van der Waals surface area (Å²) in [6.07, 6.45) is 1.43. The van der Waals surface area contributed by atoms with E-state index in [1.54, 1.807) is 11.8 Å². The first-order valence-electron chi connectivity index (χ1n) is 7.73. The molecule has 0 aliphatic rings. The third-order valence-corrected chi connectivity index (χ3v) is 4.63. The van der Waals surface area contributed by atoms with Crippen LogP contribution in [0.25, 0.3) is 0 Å². The number of benzene rings is 2. The van der Waals surface area contributed by atoms with E-state index in [-0.39, 0.29) is 6.61 Å². The highest BCUT2D eigenvalue weighted by Crippen LogP contribution is 2.34. The molecule has 0 spiro atoms. The molecule has 0 heterocycles. The molecule has 0 saturated heterocycles. The Morgan fingerprint density at radius 1 is 0.917 bits per heavy atom. The molecule has 0 atom stereocenters. The van der Waals surface area contributed by atoms with Gasteiger partial charge in [0.15, 0.2) is 0 Å². The zero-order valence-corrected chi connectivity index (χ0v) is 15.5. The van der Waals surface area contributed by atoms with Crippen LogP contribution >= 0.6 is 35.0 Å². The molecule has 0 bridgehead atoms. The monoisotopic (exact) mass is 386 g/mol. The predicted molar refractivity (Wildman–Crippen MR) is 100 cm³/mol. The second-order valence-electron chi connectivity index (χ2n) is 4.98. The lowest BCUT2D eigenvalue weighted by Crippen LogP contribution is -1.99. The van der Waals surface area contributed by atoms with Gasteiger partial charge >= 0.3 is 0 Å². The topological polar surface area (TPSA) is 38.7 Å². The first-order chi connectivity index (χ1) is 11.7. The number of alkyl halides is 1. The van der Waals surface area contributed by atoms with Gasteiger partial charge in [-0.15, -0.1) is 11.6 Å². The van der Waals surface area contributed by atoms with E-state index in [1.165, 1.54) is 0 Å². The van der Waals surface area contributed by atoms with Crippen LogP contribution in [0, 0.1) is 0 Å². The highest BCUT2D eigenvalue weighted by atomic mass is 35.5. The quantitative estimate of drug-likeness (QED) is 0.446. The lowest BCUT2D eigenvalue weighted by molar-refractivity contribution is 0.233. The Morgan fingerprint density at radius 2 is 1.62 bits per heavy atom. The van der Waals surface area contributed by atoms with Gasteiger partial charge in [-0.1, -0.05) is 23.4 Å². The van der Waals surface area contributed by atoms with E-state index >= 15 is 0 Å². The van der Waals surface area contributed by atoms with Crippen molar-refractivity contribution in [1.82, 2.24) is 0 Å². The minimum Gasteiger partial charge on any atom is -0.494 e. The van der Waals surface area contributed by atoms with Crippen molar-refractivity contribution in [2.45, 2.75) is 22.6 Å². The number of halogens is 2. The van der Waals surface area contributed by atoms with Crippen molar-refractivity contribution in [3.8, 4) is 11.5 Å². The summed E-state index contributed by atoms with van der Waals surface area (Å²) in [6.45, 7) is 1.22. The van der Waals surface area contributed by atoms with Crippen molar-refractivity contribution in [2.24, 2.45) is 0 Å². The maximum Gasteiger partial charge on any atom is 0.137 e. The normalized spacial score (nSPS) is 10.6. The van der Waals surface area contributed by atoms with Gasteiger partial charge in [0.25, 0.3) is 0 Å². The number of aliphatic hydroxyl groups is 1. The molecule has 0 saturated carbocycles. The van der Waals surface area contributed by atoms with Crippen LogP contribution in [-0.2, 0) is 0 Å². The van der Waals surface area contributed by atoms with Gasteiger partial charge in [0.05, 0.1) is 18.2 Å². The second kappa shape index (κ2) is 10.7. The molecule has 1 N–H and O–H groups in total. The lowest BCUT2D eigenvalue weighted by atomic mass is 10.3. The smallest absolute Gasteiger partial charge is 0.137 e. The summed E-state index contributed by atoms with van der Waals surface area (Å²) in [6, 6.07) is 13.6. The van der Waals surface area contributed by atoms with Crippen molar-refractivity contribution in [2.75, 3.05) is 25.7 Å². The predicted octanol–water partition coefficient (Wildman–Crippen LogP) is 5.26. The standard InChI is InChI=1S/C18H20Cl2O3S/c19-9-1-11-23-18-8-7-16(13-17(18)20)24-15-5-3-14(4-6-15)22-12-2-10-21/h3-8,13,21H,1-2,9-12H2. The number of aliphatic hydroxyl groups excluding tert-OH is 1. The van der Waals surface area contributed by atoms with E-state index in [0.29, 0.717) is 36.3 Å². The summed E-state index contributed by atoms with van der Waals surface area (Å²) in [5, 5.41) is 9.34. The fraction of sp³-hybridized carbons (Fsp3) is 0.333. The summed E-state index contributed by atoms with van der Waals surface area (Å²) in [7, 11) is 0. The van der Waals surface area contributed by atoms with E-state index in [4.69, 9.17) is 37.8 Å². The average Bonchev–Trinajstić information content (AvgIpc) is 2.59. The van der Waals surface area contributed by atoms with E-state index in [1.807, 2.05) is 42.5 Å². The maximum atomic E-state index is 8.75. The van der Waals surface area contributed by atoms with Crippen LogP contribution in [0.15, 0.2) is 52.3 Å². The molecule has 2 aromatic rings. The second-order valence-corrected chi connectivity index (χ2v) is 6.91. The summed E-state index contributed by atoms with van der Waals surface area (Å²) in [5.41, 5.74) is 0. The van der Waals surface area contributed by atoms with Crippen molar-refractivity contribution in [3.63, 3.8) is 0 Å². The lowest BCUT2D eigenvalue weighted by Gasteiger charge is -2.09. The van der Waals surface area contributed by atoms with Crippen LogP contribution in [0.1, 0.15) is 12.8 Å². The highest BCUT2D eigenvalue weighted by molar-refractivity contribution is 7.99. The molecule has 0 aliphatic carbocycles. The molecule has 0 aliphatic heterocycles. The Labute approximate surface area is 156 Å². The fourth-order valence-electron chi connectivity index (χ4n) is 1.89. The van der Waals surface area contributed by atoms with Gasteiger partial charge < -0.3 is 14.6 Å². The minimum absolute atomic E-state index is 0.139. The van der Waals surface area contributed by atoms with Gasteiger partial charge in [-0.3, -0.25) is 0 Å². The van der Waals surface area contributed by atoms with Crippen LogP contribution in [0.2, 0.25) is 5.02 Å². The maximum absolute atomic E-state index is 8.75. The first-order valence-corrected chi connectivity index (χ1v) is 9.45. The third kappa shape index (κ3) is 6.44. The van der Waals surface area contributed by atoms with E-state index in [0.717, 1.165) is 22.0 Å². The van der Waals surface area contributed by atoms with Gasteiger partial charge in [0.1, 0.15) is 11.5 Å². The zero-order chi connectivity index (χ0) is 17.2. The highest BCUT2D eigenvalue weighted by Gasteiger charge is 2.05. The Balaban J connectivity index is 1.92. The molecule has 0 unspecified atom stereocenters. The fourth-order valence-corrected chi connectivity index (χ4v) is 3.16. The van der Waals surface area contributed by atoms with Gasteiger partial charge in [-0.25, -0.2) is 0 Å². The summed E-state index contributed by atoms with van der Waals surface area (Å²) in [5.74, 6) is 2.05. The number of rotatable bonds is 10. The van der Waals surface area contributed by atoms with Crippen molar-refractivity contribution in [1.29, 1.82) is 0 Å². The minimum atomic E-state index is 0.139. The Morgan fingerprint density at radius 3 is 2.29 bits per heavy atom. The zero-order valence-electron chi connectivity index (χ0n) is 13.2. The van der Waals surface area contributed by atoms with Crippen molar-refractivity contribution in [3.05, 3.63) is 47.5 Å². The largest absolute Gasteiger partial charge is 0.494 e. The molecule has 2 rings (SSSR count). The van der Waals surface area contributed by atoms with Crippen LogP contribution in [0.5, 0.6) is 11.5 Å². The Kier molecular flexibility index (Phi) is 8.60. The number of hydrogen-bond donors (Lipinski definition) is 1. The van der Waals surface area contributed by atoms with E-state index in [2.05, 4.69) is 0 Å². The number of hydrogen-bond acceptors (Lipinski definition) is 4. The molecular weight excluding hydrogens is 367 g/mol. The molecule has 24 heavy (non-hydrogen) atoms. The molecule has 0 radical (unpaired) electrons. The van der Waals surface area contributed by atoms with E-state index < -0.39 is 0 Å². The average molecular weight is 387 g/mol. The first kappa shape index (κ1) is 19.3. The van der Waals surface area contributed by atoms with Gasteiger partial charge in [0, 0.05) is 28.7 Å². The SMILES string of the molecule is OCCCOc1ccc(Sc2ccc(OCCCCl)c(Cl)c2)cc1.